The van der Waals surface area contributed by atoms with E-state index in [9.17, 15) is 9.59 Å². The third-order valence-corrected chi connectivity index (χ3v) is 3.05. The van der Waals surface area contributed by atoms with Crippen molar-refractivity contribution in [3.63, 3.8) is 0 Å². The Morgan fingerprint density at radius 1 is 1.39 bits per heavy atom. The van der Waals surface area contributed by atoms with Crippen LogP contribution in [0.15, 0.2) is 24.3 Å². The van der Waals surface area contributed by atoms with Gasteiger partial charge in [-0.05, 0) is 25.5 Å². The van der Waals surface area contributed by atoms with Crippen LogP contribution in [0.3, 0.4) is 0 Å². The number of para-hydroxylation sites is 1. The minimum atomic E-state index is -0.926. The number of benzene rings is 1. The first-order valence-corrected chi connectivity index (χ1v) is 5.70. The largest absolute Gasteiger partial charge is 0.369 e. The van der Waals surface area contributed by atoms with Crippen LogP contribution in [-0.4, -0.2) is 24.5 Å². The van der Waals surface area contributed by atoms with Gasteiger partial charge in [0.05, 0.1) is 11.3 Å². The van der Waals surface area contributed by atoms with E-state index in [0.717, 1.165) is 0 Å². The van der Waals surface area contributed by atoms with Gasteiger partial charge in [-0.3, -0.25) is 9.59 Å². The molecule has 5 nitrogen and oxygen atoms in total. The van der Waals surface area contributed by atoms with Crippen molar-refractivity contribution in [3.05, 3.63) is 29.8 Å². The molecule has 1 unspecified atom stereocenters. The van der Waals surface area contributed by atoms with Crippen LogP contribution in [-0.2, 0) is 9.53 Å². The van der Waals surface area contributed by atoms with Crippen molar-refractivity contribution in [2.45, 2.75) is 25.9 Å². The molecule has 0 heterocycles. The van der Waals surface area contributed by atoms with E-state index in [1.165, 1.54) is 7.11 Å². The van der Waals surface area contributed by atoms with Gasteiger partial charge >= 0.3 is 0 Å². The molecule has 1 aromatic rings. The lowest BCUT2D eigenvalue weighted by atomic mass is 10.0. The van der Waals surface area contributed by atoms with Gasteiger partial charge in [-0.1, -0.05) is 19.1 Å². The normalized spacial score (nSPS) is 13.7. The second-order valence-corrected chi connectivity index (χ2v) is 4.15. The maximum absolute atomic E-state index is 12.1. The first-order valence-electron chi connectivity index (χ1n) is 5.70. The minimum Gasteiger partial charge on any atom is -0.369 e. The van der Waals surface area contributed by atoms with Crippen LogP contribution in [0.2, 0.25) is 0 Å². The summed E-state index contributed by atoms with van der Waals surface area (Å²) in [6, 6.07) is 6.60. The van der Waals surface area contributed by atoms with Gasteiger partial charge in [0, 0.05) is 7.11 Å². The van der Waals surface area contributed by atoms with Crippen LogP contribution in [0.25, 0.3) is 0 Å². The summed E-state index contributed by atoms with van der Waals surface area (Å²) in [5.74, 6) is -0.886. The number of hydrogen-bond donors (Lipinski definition) is 2. The molecule has 0 spiro atoms. The highest BCUT2D eigenvalue weighted by Crippen LogP contribution is 2.20. The first-order chi connectivity index (χ1) is 8.44. The standard InChI is InChI=1S/C13H18N2O3/c1-4-13(2,18-3)12(17)15-10-8-6-5-7-9(10)11(14)16/h5-8H,4H2,1-3H3,(H2,14,16)(H,15,17). The SMILES string of the molecule is CCC(C)(OC)C(=O)Nc1ccccc1C(N)=O. The molecule has 0 saturated heterocycles. The van der Waals surface area contributed by atoms with Crippen molar-refractivity contribution < 1.29 is 14.3 Å². The van der Waals surface area contributed by atoms with Gasteiger partial charge in [0.1, 0.15) is 5.60 Å². The zero-order chi connectivity index (χ0) is 13.8. The van der Waals surface area contributed by atoms with Gasteiger partial charge in [0.25, 0.3) is 11.8 Å². The van der Waals surface area contributed by atoms with Crippen LogP contribution in [0.4, 0.5) is 5.69 Å². The van der Waals surface area contributed by atoms with Gasteiger partial charge < -0.3 is 15.8 Å². The Hall–Kier alpha value is -1.88. The second kappa shape index (κ2) is 5.64. The molecule has 1 rings (SSSR count). The third-order valence-electron chi connectivity index (χ3n) is 3.05. The van der Waals surface area contributed by atoms with E-state index in [1.807, 2.05) is 6.92 Å². The quantitative estimate of drug-likeness (QED) is 0.831. The Bertz CT molecular complexity index is 453. The van der Waals surface area contributed by atoms with Gasteiger partial charge in [-0.25, -0.2) is 0 Å². The van der Waals surface area contributed by atoms with Gasteiger partial charge in [0.2, 0.25) is 0 Å². The predicted molar refractivity (Wildman–Crippen MR) is 69.3 cm³/mol. The fraction of sp³-hybridized carbons (Fsp3) is 0.385. The zero-order valence-electron chi connectivity index (χ0n) is 10.8. The molecule has 0 aromatic heterocycles. The molecule has 5 heteroatoms. The molecule has 1 atom stereocenters. The first kappa shape index (κ1) is 14.2. The van der Waals surface area contributed by atoms with Crippen LogP contribution in [0.5, 0.6) is 0 Å². The molecule has 98 valence electrons. The predicted octanol–water partition coefficient (Wildman–Crippen LogP) is 1.54. The van der Waals surface area contributed by atoms with E-state index in [0.29, 0.717) is 12.1 Å². The molecule has 2 amide bonds. The van der Waals surface area contributed by atoms with Gasteiger partial charge in [-0.15, -0.1) is 0 Å². The molecule has 0 aliphatic rings. The number of carbonyl (C=O) groups is 2. The lowest BCUT2D eigenvalue weighted by Gasteiger charge is -2.25. The van der Waals surface area contributed by atoms with E-state index < -0.39 is 11.5 Å². The summed E-state index contributed by atoms with van der Waals surface area (Å²) in [6.07, 6.45) is 0.522. The average Bonchev–Trinajstić information content (AvgIpc) is 2.38. The lowest BCUT2D eigenvalue weighted by Crippen LogP contribution is -2.41. The molecule has 0 saturated carbocycles. The Morgan fingerprint density at radius 3 is 2.50 bits per heavy atom. The number of nitrogens with two attached hydrogens (primary N) is 1. The fourth-order valence-corrected chi connectivity index (χ4v) is 1.46. The van der Waals surface area contributed by atoms with Crippen molar-refractivity contribution >= 4 is 17.5 Å². The number of rotatable bonds is 5. The van der Waals surface area contributed by atoms with Gasteiger partial charge in [0.15, 0.2) is 0 Å². The summed E-state index contributed by atoms with van der Waals surface area (Å²) < 4.78 is 5.19. The molecule has 0 radical (unpaired) electrons. The van der Waals surface area contributed by atoms with E-state index in [1.54, 1.807) is 31.2 Å². The number of anilines is 1. The third kappa shape index (κ3) is 2.87. The van der Waals surface area contributed by atoms with Crippen molar-refractivity contribution in [1.82, 2.24) is 0 Å². The topological polar surface area (TPSA) is 81.4 Å². The zero-order valence-corrected chi connectivity index (χ0v) is 10.8. The Morgan fingerprint density at radius 2 is 2.00 bits per heavy atom. The number of amides is 2. The molecule has 0 aliphatic heterocycles. The summed E-state index contributed by atoms with van der Waals surface area (Å²) in [4.78, 5) is 23.3. The number of carbonyl (C=O) groups excluding carboxylic acids is 2. The highest BCUT2D eigenvalue weighted by Gasteiger charge is 2.31. The Labute approximate surface area is 106 Å². The molecular formula is C13H18N2O3. The summed E-state index contributed by atoms with van der Waals surface area (Å²) in [5, 5.41) is 2.67. The van der Waals surface area contributed by atoms with E-state index >= 15 is 0 Å². The average molecular weight is 250 g/mol. The highest BCUT2D eigenvalue weighted by atomic mass is 16.5. The maximum atomic E-state index is 12.1. The molecule has 0 aliphatic carbocycles. The van der Waals surface area contributed by atoms with Gasteiger partial charge in [-0.2, -0.15) is 0 Å². The number of primary amides is 1. The van der Waals surface area contributed by atoms with Crippen molar-refractivity contribution in [2.24, 2.45) is 5.73 Å². The monoisotopic (exact) mass is 250 g/mol. The summed E-state index contributed by atoms with van der Waals surface area (Å²) in [7, 11) is 1.48. The Balaban J connectivity index is 2.98. The lowest BCUT2D eigenvalue weighted by molar-refractivity contribution is -0.136. The maximum Gasteiger partial charge on any atom is 0.256 e. The number of nitrogens with one attached hydrogen (secondary N) is 1. The van der Waals surface area contributed by atoms with Crippen molar-refractivity contribution in [1.29, 1.82) is 0 Å². The highest BCUT2D eigenvalue weighted by molar-refractivity contribution is 6.04. The van der Waals surface area contributed by atoms with E-state index in [2.05, 4.69) is 5.32 Å². The minimum absolute atomic E-state index is 0.278. The van der Waals surface area contributed by atoms with Crippen molar-refractivity contribution in [2.75, 3.05) is 12.4 Å². The molecule has 1 aromatic carbocycles. The van der Waals surface area contributed by atoms with E-state index in [4.69, 9.17) is 10.5 Å². The molecule has 3 N–H and O–H groups in total. The van der Waals surface area contributed by atoms with Crippen molar-refractivity contribution in [3.8, 4) is 0 Å². The number of ether oxygens (including phenoxy) is 1. The molecule has 18 heavy (non-hydrogen) atoms. The Kier molecular flexibility index (Phi) is 4.44. The molecule has 0 fully saturated rings. The summed E-state index contributed by atoms with van der Waals surface area (Å²) in [5.41, 5.74) is 4.99. The summed E-state index contributed by atoms with van der Waals surface area (Å²) >= 11 is 0. The van der Waals surface area contributed by atoms with Crippen LogP contribution >= 0.6 is 0 Å². The van der Waals surface area contributed by atoms with Crippen LogP contribution in [0, 0.1) is 0 Å². The molecular weight excluding hydrogens is 232 g/mol. The van der Waals surface area contributed by atoms with E-state index in [-0.39, 0.29) is 11.5 Å². The number of methoxy groups -OCH3 is 1. The van der Waals surface area contributed by atoms with Crippen LogP contribution < -0.4 is 11.1 Å². The molecule has 0 bridgehead atoms. The fourth-order valence-electron chi connectivity index (χ4n) is 1.46. The second-order valence-electron chi connectivity index (χ2n) is 4.15. The number of hydrogen-bond acceptors (Lipinski definition) is 3. The smallest absolute Gasteiger partial charge is 0.256 e. The summed E-state index contributed by atoms with van der Waals surface area (Å²) in [6.45, 7) is 3.54. The van der Waals surface area contributed by atoms with Crippen LogP contribution in [0.1, 0.15) is 30.6 Å².